The summed E-state index contributed by atoms with van der Waals surface area (Å²) in [4.78, 5) is 16.4. The quantitative estimate of drug-likeness (QED) is 0.685. The first-order chi connectivity index (χ1) is 6.57. The number of hydrogen-bond donors (Lipinski definition) is 0. The fourth-order valence-corrected chi connectivity index (χ4v) is 1.92. The van der Waals surface area contributed by atoms with Gasteiger partial charge in [-0.3, -0.25) is 9.63 Å². The number of rotatable bonds is 2. The monoisotopic (exact) mass is 205 g/mol. The minimum absolute atomic E-state index is 0.146. The van der Waals surface area contributed by atoms with Gasteiger partial charge in [0.2, 0.25) is 11.8 Å². The Hall–Kier alpha value is -0.710. The fourth-order valence-electron chi connectivity index (χ4n) is 1.92. The molecule has 0 aromatic carbocycles. The van der Waals surface area contributed by atoms with Gasteiger partial charge in [0.05, 0.1) is 13.2 Å². The van der Waals surface area contributed by atoms with E-state index in [-0.39, 0.29) is 31.1 Å². The van der Waals surface area contributed by atoms with Crippen LogP contribution in [-0.2, 0) is 9.63 Å². The molecule has 0 spiro atoms. The summed E-state index contributed by atoms with van der Waals surface area (Å²) in [5.74, 6) is -2.83. The molecule has 0 N–H and O–H groups in total. The summed E-state index contributed by atoms with van der Waals surface area (Å²) >= 11 is 0. The van der Waals surface area contributed by atoms with Crippen LogP contribution in [0.3, 0.4) is 0 Å². The molecule has 0 unspecified atom stereocenters. The average molecular weight is 205 g/mol. The van der Waals surface area contributed by atoms with Crippen LogP contribution in [0.4, 0.5) is 8.78 Å². The lowest BCUT2D eigenvalue weighted by atomic mass is 9.79. The third-order valence-corrected chi connectivity index (χ3v) is 2.67. The van der Waals surface area contributed by atoms with Crippen molar-refractivity contribution >= 4 is 5.91 Å². The maximum absolute atomic E-state index is 12.5. The Morgan fingerprint density at radius 1 is 1.50 bits per heavy atom. The Labute approximate surface area is 81.0 Å². The van der Waals surface area contributed by atoms with Crippen LogP contribution in [0.25, 0.3) is 0 Å². The molecule has 14 heavy (non-hydrogen) atoms. The molecule has 2 fully saturated rings. The number of amides is 1. The van der Waals surface area contributed by atoms with Gasteiger partial charge in [0.25, 0.3) is 0 Å². The SMILES string of the molecule is O=C(CC1CC(F)(F)C1)N1CCCO1. The summed E-state index contributed by atoms with van der Waals surface area (Å²) in [6, 6.07) is 0. The van der Waals surface area contributed by atoms with Crippen molar-refractivity contribution in [2.24, 2.45) is 5.92 Å². The lowest BCUT2D eigenvalue weighted by Gasteiger charge is -2.34. The first kappa shape index (κ1) is 9.83. The largest absolute Gasteiger partial charge is 0.273 e. The zero-order valence-corrected chi connectivity index (χ0v) is 7.84. The van der Waals surface area contributed by atoms with Crippen LogP contribution in [0.15, 0.2) is 0 Å². The van der Waals surface area contributed by atoms with Crippen LogP contribution in [0.5, 0.6) is 0 Å². The maximum atomic E-state index is 12.5. The average Bonchev–Trinajstić information content (AvgIpc) is 2.51. The standard InChI is InChI=1S/C9H13F2NO2/c10-9(11)5-7(6-9)4-8(13)12-2-1-3-14-12/h7H,1-6H2. The Kier molecular flexibility index (Phi) is 2.43. The van der Waals surface area contributed by atoms with Crippen LogP contribution in [0.2, 0.25) is 0 Å². The Morgan fingerprint density at radius 2 is 2.21 bits per heavy atom. The number of carbonyl (C=O) groups is 1. The number of halogens is 2. The third-order valence-electron chi connectivity index (χ3n) is 2.67. The lowest BCUT2D eigenvalue weighted by Crippen LogP contribution is -2.39. The highest BCUT2D eigenvalue weighted by Gasteiger charge is 2.46. The Bertz CT molecular complexity index is 231. The first-order valence-corrected chi connectivity index (χ1v) is 4.88. The summed E-state index contributed by atoms with van der Waals surface area (Å²) in [6.45, 7) is 1.16. The minimum atomic E-state index is -2.53. The summed E-state index contributed by atoms with van der Waals surface area (Å²) in [6.07, 6.45) is 0.751. The molecule has 1 aliphatic heterocycles. The molecule has 2 aliphatic rings. The molecule has 2 rings (SSSR count). The van der Waals surface area contributed by atoms with Crippen molar-refractivity contribution in [1.82, 2.24) is 5.06 Å². The van der Waals surface area contributed by atoms with Gasteiger partial charge in [-0.25, -0.2) is 13.8 Å². The van der Waals surface area contributed by atoms with Crippen molar-refractivity contribution in [2.75, 3.05) is 13.2 Å². The summed E-state index contributed by atoms with van der Waals surface area (Å²) < 4.78 is 24.9. The van der Waals surface area contributed by atoms with Crippen molar-refractivity contribution in [3.8, 4) is 0 Å². The van der Waals surface area contributed by atoms with Crippen LogP contribution in [-0.4, -0.2) is 30.0 Å². The van der Waals surface area contributed by atoms with Crippen molar-refractivity contribution < 1.29 is 18.4 Å². The van der Waals surface area contributed by atoms with E-state index in [1.807, 2.05) is 0 Å². The second-order valence-corrected chi connectivity index (χ2v) is 4.02. The highest BCUT2D eigenvalue weighted by molar-refractivity contribution is 5.75. The van der Waals surface area contributed by atoms with E-state index < -0.39 is 5.92 Å². The number of carbonyl (C=O) groups excluding carboxylic acids is 1. The maximum Gasteiger partial charge on any atom is 0.248 e. The highest BCUT2D eigenvalue weighted by Crippen LogP contribution is 2.44. The van der Waals surface area contributed by atoms with E-state index in [1.165, 1.54) is 5.06 Å². The zero-order chi connectivity index (χ0) is 10.2. The molecule has 1 saturated carbocycles. The van der Waals surface area contributed by atoms with Gasteiger partial charge in [0, 0.05) is 19.3 Å². The summed E-state index contributed by atoms with van der Waals surface area (Å²) in [5, 5.41) is 1.30. The van der Waals surface area contributed by atoms with Gasteiger partial charge in [-0.05, 0) is 12.3 Å². The first-order valence-electron chi connectivity index (χ1n) is 4.88. The van der Waals surface area contributed by atoms with E-state index in [0.29, 0.717) is 13.2 Å². The molecule has 1 aliphatic carbocycles. The number of hydroxylamine groups is 2. The Morgan fingerprint density at radius 3 is 2.71 bits per heavy atom. The van der Waals surface area contributed by atoms with Crippen molar-refractivity contribution in [3.63, 3.8) is 0 Å². The van der Waals surface area contributed by atoms with Gasteiger partial charge in [-0.15, -0.1) is 0 Å². The number of alkyl halides is 2. The second-order valence-electron chi connectivity index (χ2n) is 4.02. The summed E-state index contributed by atoms with van der Waals surface area (Å²) in [5.41, 5.74) is 0. The predicted molar refractivity (Wildman–Crippen MR) is 44.6 cm³/mol. The molecular formula is C9H13F2NO2. The van der Waals surface area contributed by atoms with E-state index in [9.17, 15) is 13.6 Å². The van der Waals surface area contributed by atoms with Crippen LogP contribution >= 0.6 is 0 Å². The van der Waals surface area contributed by atoms with Gasteiger partial charge in [0.15, 0.2) is 0 Å². The van der Waals surface area contributed by atoms with Gasteiger partial charge in [-0.1, -0.05) is 0 Å². The molecule has 0 radical (unpaired) electrons. The van der Waals surface area contributed by atoms with Crippen LogP contribution < -0.4 is 0 Å². The van der Waals surface area contributed by atoms with Gasteiger partial charge in [0.1, 0.15) is 0 Å². The molecule has 80 valence electrons. The molecule has 1 heterocycles. The van der Waals surface area contributed by atoms with Crippen molar-refractivity contribution in [2.45, 2.75) is 31.6 Å². The normalized spacial score (nSPS) is 26.3. The van der Waals surface area contributed by atoms with Crippen molar-refractivity contribution in [3.05, 3.63) is 0 Å². The van der Waals surface area contributed by atoms with Gasteiger partial charge in [-0.2, -0.15) is 0 Å². The fraction of sp³-hybridized carbons (Fsp3) is 0.889. The highest BCUT2D eigenvalue weighted by atomic mass is 19.3. The third kappa shape index (κ3) is 2.03. The molecule has 1 amide bonds. The van der Waals surface area contributed by atoms with Crippen LogP contribution in [0, 0.1) is 5.92 Å². The van der Waals surface area contributed by atoms with E-state index in [4.69, 9.17) is 4.84 Å². The number of hydrogen-bond acceptors (Lipinski definition) is 2. The molecule has 3 nitrogen and oxygen atoms in total. The van der Waals surface area contributed by atoms with E-state index in [2.05, 4.69) is 0 Å². The van der Waals surface area contributed by atoms with E-state index >= 15 is 0 Å². The molecule has 0 aromatic rings. The second kappa shape index (κ2) is 3.46. The number of nitrogens with zero attached hydrogens (tertiary/aromatic N) is 1. The predicted octanol–water partition coefficient (Wildman–Crippen LogP) is 1.59. The van der Waals surface area contributed by atoms with E-state index in [1.54, 1.807) is 0 Å². The smallest absolute Gasteiger partial charge is 0.248 e. The lowest BCUT2D eigenvalue weighted by molar-refractivity contribution is -0.175. The molecule has 0 aromatic heterocycles. The Balaban J connectivity index is 1.73. The van der Waals surface area contributed by atoms with E-state index in [0.717, 1.165) is 6.42 Å². The van der Waals surface area contributed by atoms with Crippen LogP contribution in [0.1, 0.15) is 25.7 Å². The van der Waals surface area contributed by atoms with Gasteiger partial charge < -0.3 is 0 Å². The minimum Gasteiger partial charge on any atom is -0.273 e. The zero-order valence-electron chi connectivity index (χ0n) is 7.84. The topological polar surface area (TPSA) is 29.5 Å². The molecule has 0 bridgehead atoms. The summed E-state index contributed by atoms with van der Waals surface area (Å²) in [7, 11) is 0. The molecule has 1 saturated heterocycles. The molecule has 0 atom stereocenters. The molecule has 5 heteroatoms. The molecular weight excluding hydrogens is 192 g/mol. The van der Waals surface area contributed by atoms with Crippen molar-refractivity contribution in [1.29, 1.82) is 0 Å². The van der Waals surface area contributed by atoms with Gasteiger partial charge >= 0.3 is 0 Å².